The van der Waals surface area contributed by atoms with Gasteiger partial charge in [0.15, 0.2) is 5.79 Å². The molecule has 2 amide bonds. The monoisotopic (exact) mass is 357 g/mol. The van der Waals surface area contributed by atoms with Crippen molar-refractivity contribution in [2.24, 2.45) is 5.41 Å². The van der Waals surface area contributed by atoms with Crippen LogP contribution in [0.25, 0.3) is 0 Å². The summed E-state index contributed by atoms with van der Waals surface area (Å²) in [6.45, 7) is 7.36. The molecule has 3 aliphatic heterocycles. The molecule has 0 aromatic heterocycles. The summed E-state index contributed by atoms with van der Waals surface area (Å²) in [5.74, 6) is -2.26. The Bertz CT molecular complexity index is 501. The number of likely N-dealkylation sites (tertiary alicyclic amines) is 1. The number of rotatable bonds is 5. The molecule has 0 unspecified atom stereocenters. The molecular formula is C17H27NO7. The zero-order valence-electron chi connectivity index (χ0n) is 15.2. The van der Waals surface area contributed by atoms with Crippen LogP contribution < -0.4 is 0 Å². The van der Waals surface area contributed by atoms with Gasteiger partial charge in [0.2, 0.25) is 11.8 Å². The minimum absolute atomic E-state index is 0.153. The standard InChI is InChI=1S/C17H27NO7/c1-4-15(3)21-8-16(9-22-15)10-23-17(5-2,24-11-16)25-12-18-13(19)6-7-14(18)20/h4-12H2,1-3H3. The van der Waals surface area contributed by atoms with E-state index in [0.717, 1.165) is 11.3 Å². The number of imide groups is 1. The van der Waals surface area contributed by atoms with Gasteiger partial charge in [-0.05, 0) is 13.3 Å². The lowest BCUT2D eigenvalue weighted by Crippen LogP contribution is -2.59. The van der Waals surface area contributed by atoms with Gasteiger partial charge in [0, 0.05) is 19.3 Å². The van der Waals surface area contributed by atoms with E-state index in [1.54, 1.807) is 0 Å². The molecule has 3 heterocycles. The van der Waals surface area contributed by atoms with E-state index in [9.17, 15) is 9.59 Å². The molecule has 0 saturated carbocycles. The third kappa shape index (κ3) is 3.73. The molecule has 0 N–H and O–H groups in total. The predicted octanol–water partition coefficient (Wildman–Crippen LogP) is 1.38. The Labute approximate surface area is 147 Å². The Kier molecular flexibility index (Phi) is 5.18. The minimum atomic E-state index is -1.25. The Hall–Kier alpha value is -1.06. The van der Waals surface area contributed by atoms with Crippen molar-refractivity contribution in [1.29, 1.82) is 0 Å². The van der Waals surface area contributed by atoms with Crippen LogP contribution in [-0.2, 0) is 33.3 Å². The Morgan fingerprint density at radius 3 is 1.92 bits per heavy atom. The van der Waals surface area contributed by atoms with Gasteiger partial charge in [-0.1, -0.05) is 13.8 Å². The van der Waals surface area contributed by atoms with E-state index in [1.807, 2.05) is 20.8 Å². The van der Waals surface area contributed by atoms with E-state index in [0.29, 0.717) is 32.8 Å². The lowest BCUT2D eigenvalue weighted by Gasteiger charge is -2.49. The maximum absolute atomic E-state index is 11.7. The summed E-state index contributed by atoms with van der Waals surface area (Å²) in [5.41, 5.74) is -0.365. The third-order valence-electron chi connectivity index (χ3n) is 5.21. The normalized spacial score (nSPS) is 39.4. The van der Waals surface area contributed by atoms with Crippen LogP contribution >= 0.6 is 0 Å². The van der Waals surface area contributed by atoms with Crippen molar-refractivity contribution in [1.82, 2.24) is 4.90 Å². The molecule has 0 aromatic rings. The highest BCUT2D eigenvalue weighted by Crippen LogP contribution is 2.38. The minimum Gasteiger partial charge on any atom is -0.349 e. The molecule has 3 saturated heterocycles. The molecule has 8 nitrogen and oxygen atoms in total. The summed E-state index contributed by atoms with van der Waals surface area (Å²) < 4.78 is 29.2. The first-order valence-corrected chi connectivity index (χ1v) is 8.88. The Balaban J connectivity index is 1.55. The molecule has 3 fully saturated rings. The van der Waals surface area contributed by atoms with E-state index < -0.39 is 11.8 Å². The molecule has 0 radical (unpaired) electrons. The fraction of sp³-hybridized carbons (Fsp3) is 0.882. The van der Waals surface area contributed by atoms with Gasteiger partial charge in [-0.15, -0.1) is 0 Å². The van der Waals surface area contributed by atoms with Crippen molar-refractivity contribution in [2.75, 3.05) is 33.2 Å². The second-order valence-electron chi connectivity index (χ2n) is 7.17. The van der Waals surface area contributed by atoms with Crippen LogP contribution in [0.15, 0.2) is 0 Å². The first kappa shape index (κ1) is 18.7. The summed E-state index contributed by atoms with van der Waals surface area (Å²) in [6, 6.07) is 0. The summed E-state index contributed by atoms with van der Waals surface area (Å²) in [7, 11) is 0. The molecule has 0 aromatic carbocycles. The van der Waals surface area contributed by atoms with E-state index in [1.165, 1.54) is 0 Å². The number of nitrogens with zero attached hydrogens (tertiary/aromatic N) is 1. The quantitative estimate of drug-likeness (QED) is 0.687. The topological polar surface area (TPSA) is 83.5 Å². The highest BCUT2D eigenvalue weighted by molar-refractivity contribution is 6.01. The van der Waals surface area contributed by atoms with Gasteiger partial charge < -0.3 is 23.7 Å². The predicted molar refractivity (Wildman–Crippen MR) is 85.0 cm³/mol. The molecule has 1 spiro atoms. The Morgan fingerprint density at radius 2 is 1.44 bits per heavy atom. The zero-order chi connectivity index (χ0) is 18.1. The largest absolute Gasteiger partial charge is 0.349 e. The van der Waals surface area contributed by atoms with Crippen molar-refractivity contribution in [2.45, 2.75) is 58.2 Å². The maximum Gasteiger partial charge on any atom is 0.284 e. The number of carbonyl (C=O) groups is 2. The molecule has 0 bridgehead atoms. The van der Waals surface area contributed by atoms with E-state index in [2.05, 4.69) is 0 Å². The average Bonchev–Trinajstić information content (AvgIpc) is 2.96. The lowest BCUT2D eigenvalue weighted by atomic mass is 9.90. The highest BCUT2D eigenvalue weighted by Gasteiger charge is 2.50. The molecule has 0 atom stereocenters. The van der Waals surface area contributed by atoms with E-state index in [4.69, 9.17) is 23.7 Å². The smallest absolute Gasteiger partial charge is 0.284 e. The van der Waals surface area contributed by atoms with Crippen LogP contribution in [0.1, 0.15) is 46.5 Å². The van der Waals surface area contributed by atoms with Crippen LogP contribution in [0.3, 0.4) is 0 Å². The van der Waals surface area contributed by atoms with Crippen LogP contribution in [0, 0.1) is 5.41 Å². The molecule has 25 heavy (non-hydrogen) atoms. The first-order chi connectivity index (χ1) is 11.8. The number of ether oxygens (including phenoxy) is 5. The second-order valence-corrected chi connectivity index (χ2v) is 7.17. The Morgan fingerprint density at radius 1 is 0.920 bits per heavy atom. The van der Waals surface area contributed by atoms with Crippen LogP contribution in [0.5, 0.6) is 0 Å². The van der Waals surface area contributed by atoms with Crippen molar-refractivity contribution in [3.05, 3.63) is 0 Å². The number of hydrogen-bond acceptors (Lipinski definition) is 7. The van der Waals surface area contributed by atoms with Crippen LogP contribution in [-0.4, -0.2) is 61.6 Å². The van der Waals surface area contributed by atoms with Crippen molar-refractivity contribution in [3.8, 4) is 0 Å². The maximum atomic E-state index is 11.7. The molecule has 142 valence electrons. The fourth-order valence-corrected chi connectivity index (χ4v) is 2.99. The van der Waals surface area contributed by atoms with Gasteiger partial charge in [0.25, 0.3) is 5.97 Å². The molecule has 3 rings (SSSR count). The summed E-state index contributed by atoms with van der Waals surface area (Å²) >= 11 is 0. The van der Waals surface area contributed by atoms with Crippen molar-refractivity contribution < 1.29 is 33.3 Å². The zero-order valence-corrected chi connectivity index (χ0v) is 15.2. The van der Waals surface area contributed by atoms with Gasteiger partial charge in [0.1, 0.15) is 6.73 Å². The first-order valence-electron chi connectivity index (χ1n) is 8.88. The van der Waals surface area contributed by atoms with Crippen molar-refractivity contribution >= 4 is 11.8 Å². The van der Waals surface area contributed by atoms with Gasteiger partial charge >= 0.3 is 0 Å². The van der Waals surface area contributed by atoms with Gasteiger partial charge in [0.05, 0.1) is 31.8 Å². The van der Waals surface area contributed by atoms with Gasteiger partial charge in [-0.3, -0.25) is 14.5 Å². The second kappa shape index (κ2) is 6.92. The summed E-state index contributed by atoms with van der Waals surface area (Å²) in [4.78, 5) is 24.5. The molecule has 8 heteroatoms. The number of hydrogen-bond donors (Lipinski definition) is 0. The summed E-state index contributed by atoms with van der Waals surface area (Å²) in [5, 5.41) is 0. The third-order valence-corrected chi connectivity index (χ3v) is 5.21. The molecular weight excluding hydrogens is 330 g/mol. The number of carbonyl (C=O) groups excluding carboxylic acids is 2. The van der Waals surface area contributed by atoms with Crippen LogP contribution in [0.2, 0.25) is 0 Å². The number of amides is 2. The SMILES string of the molecule is CCC1(C)OCC2(CO1)COC(CC)(OCN1C(=O)CCC1=O)OC2. The average molecular weight is 357 g/mol. The van der Waals surface area contributed by atoms with E-state index in [-0.39, 0.29) is 36.8 Å². The summed E-state index contributed by atoms with van der Waals surface area (Å²) in [6.07, 6.45) is 1.67. The van der Waals surface area contributed by atoms with Gasteiger partial charge in [-0.2, -0.15) is 0 Å². The van der Waals surface area contributed by atoms with E-state index >= 15 is 0 Å². The molecule has 0 aliphatic carbocycles. The highest BCUT2D eigenvalue weighted by atomic mass is 16.9. The lowest BCUT2D eigenvalue weighted by molar-refractivity contribution is -0.441. The van der Waals surface area contributed by atoms with Crippen LogP contribution in [0.4, 0.5) is 0 Å². The van der Waals surface area contributed by atoms with Gasteiger partial charge in [-0.25, -0.2) is 0 Å². The molecule has 3 aliphatic rings. The van der Waals surface area contributed by atoms with Crippen molar-refractivity contribution in [3.63, 3.8) is 0 Å². The fourth-order valence-electron chi connectivity index (χ4n) is 2.99.